The van der Waals surface area contributed by atoms with Gasteiger partial charge in [-0.1, -0.05) is 0 Å². The molecule has 2 heterocycles. The van der Waals surface area contributed by atoms with E-state index >= 15 is 0 Å². The lowest BCUT2D eigenvalue weighted by molar-refractivity contribution is 0.134. The molecule has 3 heteroatoms. The van der Waals surface area contributed by atoms with Crippen LogP contribution < -0.4 is 10.6 Å². The molecule has 3 nitrogen and oxygen atoms in total. The minimum atomic E-state index is 0.484. The highest BCUT2D eigenvalue weighted by Crippen LogP contribution is 2.40. The van der Waals surface area contributed by atoms with Crippen LogP contribution in [0.1, 0.15) is 24.8 Å². The Morgan fingerprint density at radius 2 is 2.00 bits per heavy atom. The Bertz CT molecular complexity index is 428. The molecule has 0 amide bonds. The molecule has 0 aliphatic carbocycles. The van der Waals surface area contributed by atoms with Gasteiger partial charge in [0.2, 0.25) is 0 Å². The highest BCUT2D eigenvalue weighted by atomic mass is 16.5. The van der Waals surface area contributed by atoms with Gasteiger partial charge in [-0.05, 0) is 55.4 Å². The molecule has 1 spiro atoms. The van der Waals surface area contributed by atoms with Crippen LogP contribution in [0.2, 0.25) is 0 Å². The van der Waals surface area contributed by atoms with Crippen LogP contribution in [0.5, 0.6) is 0 Å². The number of hydrogen-bond acceptors (Lipinski definition) is 3. The molecule has 1 aromatic rings. The summed E-state index contributed by atoms with van der Waals surface area (Å²) in [6.45, 7) is 6.37. The number of nitrogens with zero attached hydrogens (tertiary/aromatic N) is 1. The molecule has 2 aliphatic rings. The molecule has 98 valence electrons. The van der Waals surface area contributed by atoms with Gasteiger partial charge in [0.25, 0.3) is 0 Å². The van der Waals surface area contributed by atoms with Gasteiger partial charge in [-0.3, -0.25) is 0 Å². The van der Waals surface area contributed by atoms with E-state index in [0.717, 1.165) is 32.0 Å². The van der Waals surface area contributed by atoms with Gasteiger partial charge < -0.3 is 15.4 Å². The number of benzene rings is 1. The number of ether oxygens (including phenoxy) is 1. The number of hydrogen-bond donors (Lipinski definition) is 1. The summed E-state index contributed by atoms with van der Waals surface area (Å²) in [4.78, 5) is 2.50. The van der Waals surface area contributed by atoms with Crippen LogP contribution in [-0.2, 0) is 4.74 Å². The Balaban J connectivity index is 1.72. The van der Waals surface area contributed by atoms with Crippen molar-refractivity contribution in [2.75, 3.05) is 36.9 Å². The van der Waals surface area contributed by atoms with Crippen molar-refractivity contribution < 1.29 is 4.74 Å². The molecular formula is C15H22N2O. The van der Waals surface area contributed by atoms with Crippen molar-refractivity contribution in [2.45, 2.75) is 26.2 Å². The zero-order chi connectivity index (χ0) is 12.6. The largest absolute Gasteiger partial charge is 0.399 e. The zero-order valence-corrected chi connectivity index (χ0v) is 11.1. The lowest BCUT2D eigenvalue weighted by atomic mass is 9.78. The maximum Gasteiger partial charge on any atom is 0.0524 e. The lowest BCUT2D eigenvalue weighted by Crippen LogP contribution is -2.40. The second kappa shape index (κ2) is 4.47. The standard InChI is InChI=1S/C15H22N2O/c1-12-10-13(16)2-3-14(12)17-7-4-15(5-8-17)6-9-18-11-15/h2-3,10H,4-9,11,16H2,1H3. The van der Waals surface area contributed by atoms with Crippen molar-refractivity contribution in [1.82, 2.24) is 0 Å². The lowest BCUT2D eigenvalue weighted by Gasteiger charge is -2.40. The van der Waals surface area contributed by atoms with Crippen molar-refractivity contribution >= 4 is 11.4 Å². The normalized spacial score (nSPS) is 22.6. The first kappa shape index (κ1) is 11.8. The predicted molar refractivity (Wildman–Crippen MR) is 74.9 cm³/mol. The molecule has 0 aromatic heterocycles. The van der Waals surface area contributed by atoms with Crippen LogP contribution in [0, 0.1) is 12.3 Å². The maximum atomic E-state index is 5.82. The molecule has 0 bridgehead atoms. The summed E-state index contributed by atoms with van der Waals surface area (Å²) in [7, 11) is 0. The highest BCUT2D eigenvalue weighted by Gasteiger charge is 2.38. The Morgan fingerprint density at radius 1 is 1.22 bits per heavy atom. The van der Waals surface area contributed by atoms with Crippen LogP contribution in [0.15, 0.2) is 18.2 Å². The Hall–Kier alpha value is -1.22. The van der Waals surface area contributed by atoms with Crippen molar-refractivity contribution in [3.8, 4) is 0 Å². The molecule has 0 saturated carbocycles. The number of nitrogens with two attached hydrogens (primary N) is 1. The van der Waals surface area contributed by atoms with E-state index < -0.39 is 0 Å². The topological polar surface area (TPSA) is 38.5 Å². The summed E-state index contributed by atoms with van der Waals surface area (Å²) in [6.07, 6.45) is 3.77. The quantitative estimate of drug-likeness (QED) is 0.774. The summed E-state index contributed by atoms with van der Waals surface area (Å²) in [5, 5.41) is 0. The molecule has 2 N–H and O–H groups in total. The molecule has 1 aromatic carbocycles. The second-order valence-corrected chi connectivity index (χ2v) is 5.84. The molecule has 2 fully saturated rings. The molecule has 0 radical (unpaired) electrons. The summed E-state index contributed by atoms with van der Waals surface area (Å²) >= 11 is 0. The maximum absolute atomic E-state index is 5.82. The third-order valence-corrected chi connectivity index (χ3v) is 4.57. The van der Waals surface area contributed by atoms with Gasteiger partial charge in [0.05, 0.1) is 6.61 Å². The van der Waals surface area contributed by atoms with Crippen molar-refractivity contribution in [2.24, 2.45) is 5.41 Å². The third kappa shape index (κ3) is 2.07. The van der Waals surface area contributed by atoms with Crippen molar-refractivity contribution in [1.29, 1.82) is 0 Å². The van der Waals surface area contributed by atoms with Gasteiger partial charge in [0.1, 0.15) is 0 Å². The molecule has 2 aliphatic heterocycles. The van der Waals surface area contributed by atoms with Gasteiger partial charge in [-0.2, -0.15) is 0 Å². The first-order valence-corrected chi connectivity index (χ1v) is 6.87. The summed E-state index contributed by atoms with van der Waals surface area (Å²) in [6, 6.07) is 6.23. The van der Waals surface area contributed by atoms with Crippen LogP contribution >= 0.6 is 0 Å². The van der Waals surface area contributed by atoms with E-state index in [2.05, 4.69) is 24.0 Å². The van der Waals surface area contributed by atoms with Gasteiger partial charge in [0, 0.05) is 31.1 Å². The monoisotopic (exact) mass is 246 g/mol. The van der Waals surface area contributed by atoms with Crippen LogP contribution in [0.25, 0.3) is 0 Å². The second-order valence-electron chi connectivity index (χ2n) is 5.84. The molecule has 2 saturated heterocycles. The van der Waals surface area contributed by atoms with E-state index in [4.69, 9.17) is 10.5 Å². The SMILES string of the molecule is Cc1cc(N)ccc1N1CCC2(CCOC2)CC1. The van der Waals surface area contributed by atoms with E-state index in [-0.39, 0.29) is 0 Å². The smallest absolute Gasteiger partial charge is 0.0524 e. The summed E-state index contributed by atoms with van der Waals surface area (Å²) in [5.74, 6) is 0. The first-order valence-electron chi connectivity index (χ1n) is 6.87. The Kier molecular flexibility index (Phi) is 2.94. The predicted octanol–water partition coefficient (Wildman–Crippen LogP) is 2.58. The Labute approximate surface area is 109 Å². The minimum Gasteiger partial charge on any atom is -0.399 e. The van der Waals surface area contributed by atoms with Crippen LogP contribution in [0.4, 0.5) is 11.4 Å². The number of rotatable bonds is 1. The van der Waals surface area contributed by atoms with Gasteiger partial charge in [-0.15, -0.1) is 0 Å². The van der Waals surface area contributed by atoms with Gasteiger partial charge in [0.15, 0.2) is 0 Å². The first-order chi connectivity index (χ1) is 8.69. The van der Waals surface area contributed by atoms with E-state index in [1.54, 1.807) is 0 Å². The zero-order valence-electron chi connectivity index (χ0n) is 11.1. The minimum absolute atomic E-state index is 0.484. The fourth-order valence-electron chi connectivity index (χ4n) is 3.30. The fourth-order valence-corrected chi connectivity index (χ4v) is 3.30. The number of nitrogen functional groups attached to an aromatic ring is 1. The highest BCUT2D eigenvalue weighted by molar-refractivity contribution is 5.59. The van der Waals surface area contributed by atoms with Crippen molar-refractivity contribution in [3.63, 3.8) is 0 Å². The average Bonchev–Trinajstić information content (AvgIpc) is 2.80. The van der Waals surface area contributed by atoms with Crippen LogP contribution in [0.3, 0.4) is 0 Å². The number of piperidine rings is 1. The molecule has 0 unspecified atom stereocenters. The van der Waals surface area contributed by atoms with E-state index in [1.807, 2.05) is 6.07 Å². The van der Waals surface area contributed by atoms with E-state index in [0.29, 0.717) is 5.41 Å². The van der Waals surface area contributed by atoms with Crippen molar-refractivity contribution in [3.05, 3.63) is 23.8 Å². The van der Waals surface area contributed by atoms with E-state index in [1.165, 1.54) is 30.5 Å². The Morgan fingerprint density at radius 3 is 2.61 bits per heavy atom. The van der Waals surface area contributed by atoms with Gasteiger partial charge >= 0.3 is 0 Å². The summed E-state index contributed by atoms with van der Waals surface area (Å²) in [5.41, 5.74) is 9.79. The van der Waals surface area contributed by atoms with E-state index in [9.17, 15) is 0 Å². The molecule has 18 heavy (non-hydrogen) atoms. The molecular weight excluding hydrogens is 224 g/mol. The third-order valence-electron chi connectivity index (χ3n) is 4.57. The average molecular weight is 246 g/mol. The molecule has 3 rings (SSSR count). The summed E-state index contributed by atoms with van der Waals surface area (Å²) < 4.78 is 5.58. The fraction of sp³-hybridized carbons (Fsp3) is 0.600. The van der Waals surface area contributed by atoms with Gasteiger partial charge in [-0.25, -0.2) is 0 Å². The molecule has 0 atom stereocenters. The number of anilines is 2. The number of aryl methyl sites for hydroxylation is 1. The van der Waals surface area contributed by atoms with Crippen LogP contribution in [-0.4, -0.2) is 26.3 Å².